The second kappa shape index (κ2) is 4.06. The molecule has 2 rings (SSSR count). The van der Waals surface area contributed by atoms with Gasteiger partial charge in [0.05, 0.1) is 0 Å². The van der Waals surface area contributed by atoms with E-state index in [1.807, 2.05) is 24.3 Å². The van der Waals surface area contributed by atoms with Crippen molar-refractivity contribution in [1.29, 1.82) is 0 Å². The molecule has 0 aliphatic rings. The first-order valence-electron chi connectivity index (χ1n) is 4.80. The van der Waals surface area contributed by atoms with Gasteiger partial charge in [0.1, 0.15) is 5.75 Å². The summed E-state index contributed by atoms with van der Waals surface area (Å²) < 4.78 is 0. The van der Waals surface area contributed by atoms with Crippen LogP contribution in [0.15, 0.2) is 42.5 Å². The maximum atomic E-state index is 10.4. The van der Waals surface area contributed by atoms with E-state index in [9.17, 15) is 9.90 Å². The number of aliphatic carboxylic acids is 1. The lowest BCUT2D eigenvalue weighted by atomic mass is 10.1. The van der Waals surface area contributed by atoms with Gasteiger partial charge in [-0.3, -0.25) is 0 Å². The average Bonchev–Trinajstić information content (AvgIpc) is 2.28. The molecule has 0 spiro atoms. The number of rotatable bonds is 2. The van der Waals surface area contributed by atoms with E-state index in [4.69, 9.17) is 5.11 Å². The van der Waals surface area contributed by atoms with Crippen LogP contribution >= 0.6 is 0 Å². The Labute approximate surface area is 92.3 Å². The number of phenols is 1. The molecule has 2 aromatic carbocycles. The maximum Gasteiger partial charge on any atom is 0.328 e. The highest BCUT2D eigenvalue weighted by Gasteiger charge is 2.03. The van der Waals surface area contributed by atoms with Crippen molar-refractivity contribution in [2.75, 3.05) is 0 Å². The summed E-state index contributed by atoms with van der Waals surface area (Å²) in [5.41, 5.74) is 0.501. The van der Waals surface area contributed by atoms with Crippen LogP contribution in [0.25, 0.3) is 16.8 Å². The van der Waals surface area contributed by atoms with Crippen molar-refractivity contribution in [3.63, 3.8) is 0 Å². The summed E-state index contributed by atoms with van der Waals surface area (Å²) in [5.74, 6) is -0.928. The van der Waals surface area contributed by atoms with Gasteiger partial charge < -0.3 is 10.2 Å². The first-order valence-corrected chi connectivity index (χ1v) is 4.80. The van der Waals surface area contributed by atoms with Crippen molar-refractivity contribution in [3.8, 4) is 5.75 Å². The summed E-state index contributed by atoms with van der Waals surface area (Å²) in [5, 5.41) is 20.1. The fraction of sp³-hybridized carbons (Fsp3) is 0. The highest BCUT2D eigenvalue weighted by molar-refractivity contribution is 5.93. The number of hydrogen-bond acceptors (Lipinski definition) is 2. The van der Waals surface area contributed by atoms with E-state index in [1.54, 1.807) is 12.1 Å². The first kappa shape index (κ1) is 10.2. The van der Waals surface area contributed by atoms with Gasteiger partial charge in [-0.1, -0.05) is 36.4 Å². The molecule has 3 nitrogen and oxygen atoms in total. The monoisotopic (exact) mass is 214 g/mol. The zero-order chi connectivity index (χ0) is 11.5. The Balaban J connectivity index is 2.56. The molecule has 0 heterocycles. The van der Waals surface area contributed by atoms with Crippen LogP contribution in [0.5, 0.6) is 5.75 Å². The third-order valence-corrected chi connectivity index (χ3v) is 2.34. The van der Waals surface area contributed by atoms with Crippen molar-refractivity contribution < 1.29 is 15.0 Å². The van der Waals surface area contributed by atoms with Crippen LogP contribution in [0.3, 0.4) is 0 Å². The van der Waals surface area contributed by atoms with Crippen LogP contribution in [-0.2, 0) is 4.79 Å². The molecule has 0 saturated heterocycles. The minimum atomic E-state index is -1.03. The summed E-state index contributed by atoms with van der Waals surface area (Å²) >= 11 is 0. The van der Waals surface area contributed by atoms with Gasteiger partial charge >= 0.3 is 5.97 Å². The summed E-state index contributed by atoms with van der Waals surface area (Å²) in [6.45, 7) is 0. The molecule has 0 amide bonds. The van der Waals surface area contributed by atoms with Crippen LogP contribution in [0, 0.1) is 0 Å². The van der Waals surface area contributed by atoms with E-state index in [1.165, 1.54) is 6.08 Å². The van der Waals surface area contributed by atoms with Gasteiger partial charge in [0.15, 0.2) is 0 Å². The van der Waals surface area contributed by atoms with Gasteiger partial charge in [0, 0.05) is 17.0 Å². The Hall–Kier alpha value is -2.29. The van der Waals surface area contributed by atoms with Crippen molar-refractivity contribution in [2.45, 2.75) is 0 Å². The lowest BCUT2D eigenvalue weighted by Crippen LogP contribution is -1.86. The number of phenolic OH excluding ortho intramolecular Hbond substituents is 1. The molecule has 0 radical (unpaired) electrons. The fourth-order valence-electron chi connectivity index (χ4n) is 1.57. The van der Waals surface area contributed by atoms with E-state index in [2.05, 4.69) is 0 Å². The fourth-order valence-corrected chi connectivity index (χ4v) is 1.57. The van der Waals surface area contributed by atoms with Gasteiger partial charge in [0.2, 0.25) is 0 Å². The van der Waals surface area contributed by atoms with Gasteiger partial charge in [-0.05, 0) is 11.5 Å². The molecule has 0 bridgehead atoms. The third kappa shape index (κ3) is 1.88. The Morgan fingerprint density at radius 3 is 2.62 bits per heavy atom. The van der Waals surface area contributed by atoms with E-state index in [0.717, 1.165) is 16.8 Å². The second-order valence-corrected chi connectivity index (χ2v) is 3.40. The van der Waals surface area contributed by atoms with Crippen molar-refractivity contribution in [3.05, 3.63) is 48.0 Å². The van der Waals surface area contributed by atoms with Gasteiger partial charge in [0.25, 0.3) is 0 Å². The minimum Gasteiger partial charge on any atom is -0.507 e. The average molecular weight is 214 g/mol. The summed E-state index contributed by atoms with van der Waals surface area (Å²) in [6.07, 6.45) is 2.38. The Bertz CT molecular complexity index is 570. The van der Waals surface area contributed by atoms with Crippen LogP contribution in [0.2, 0.25) is 0 Å². The van der Waals surface area contributed by atoms with Crippen molar-refractivity contribution in [1.82, 2.24) is 0 Å². The number of benzene rings is 2. The van der Waals surface area contributed by atoms with Crippen LogP contribution in [0.1, 0.15) is 5.56 Å². The lowest BCUT2D eigenvalue weighted by Gasteiger charge is -2.03. The molecular formula is C13H10O3. The Morgan fingerprint density at radius 1 is 1.12 bits per heavy atom. The lowest BCUT2D eigenvalue weighted by molar-refractivity contribution is -0.131. The van der Waals surface area contributed by atoms with Gasteiger partial charge in [-0.15, -0.1) is 0 Å². The number of fused-ring (bicyclic) bond motifs is 1. The second-order valence-electron chi connectivity index (χ2n) is 3.40. The van der Waals surface area contributed by atoms with E-state index in [-0.39, 0.29) is 5.75 Å². The third-order valence-electron chi connectivity index (χ3n) is 2.34. The first-order chi connectivity index (χ1) is 7.68. The molecule has 0 aromatic heterocycles. The number of hydrogen-bond donors (Lipinski definition) is 2. The Morgan fingerprint density at radius 2 is 1.88 bits per heavy atom. The number of aromatic hydroxyl groups is 1. The largest absolute Gasteiger partial charge is 0.507 e. The Kier molecular flexibility index (Phi) is 2.60. The SMILES string of the molecule is O=C(O)/C=C/c1ccc2ccccc2c1O. The predicted molar refractivity (Wildman–Crippen MR) is 62.3 cm³/mol. The normalized spacial score (nSPS) is 11.0. The van der Waals surface area contributed by atoms with Crippen LogP contribution in [-0.4, -0.2) is 16.2 Å². The van der Waals surface area contributed by atoms with E-state index < -0.39 is 5.97 Å². The molecule has 0 saturated carbocycles. The number of carbonyl (C=O) groups is 1. The zero-order valence-corrected chi connectivity index (χ0v) is 8.42. The number of carboxylic acids is 1. The molecule has 0 aliphatic heterocycles. The van der Waals surface area contributed by atoms with Crippen LogP contribution < -0.4 is 0 Å². The van der Waals surface area contributed by atoms with E-state index >= 15 is 0 Å². The summed E-state index contributed by atoms with van der Waals surface area (Å²) in [4.78, 5) is 10.4. The zero-order valence-electron chi connectivity index (χ0n) is 8.42. The molecule has 3 heteroatoms. The molecule has 0 atom stereocenters. The molecule has 2 aromatic rings. The quantitative estimate of drug-likeness (QED) is 0.755. The standard InChI is InChI=1S/C13H10O3/c14-12(15)8-7-10-6-5-9-3-1-2-4-11(9)13(10)16/h1-8,16H,(H,14,15)/b8-7+. The predicted octanol–water partition coefficient (Wildman–Crippen LogP) is 2.64. The van der Waals surface area contributed by atoms with Crippen molar-refractivity contribution in [2.24, 2.45) is 0 Å². The highest BCUT2D eigenvalue weighted by Crippen LogP contribution is 2.29. The molecule has 0 aliphatic carbocycles. The van der Waals surface area contributed by atoms with Crippen molar-refractivity contribution >= 4 is 22.8 Å². The topological polar surface area (TPSA) is 57.5 Å². The molecule has 16 heavy (non-hydrogen) atoms. The van der Waals surface area contributed by atoms with Crippen LogP contribution in [0.4, 0.5) is 0 Å². The smallest absolute Gasteiger partial charge is 0.328 e. The van der Waals surface area contributed by atoms with Gasteiger partial charge in [-0.25, -0.2) is 4.79 Å². The van der Waals surface area contributed by atoms with E-state index in [0.29, 0.717) is 5.56 Å². The molecule has 0 fully saturated rings. The molecule has 80 valence electrons. The maximum absolute atomic E-state index is 10.4. The minimum absolute atomic E-state index is 0.107. The molecule has 0 unspecified atom stereocenters. The van der Waals surface area contributed by atoms with Gasteiger partial charge in [-0.2, -0.15) is 0 Å². The summed E-state index contributed by atoms with van der Waals surface area (Å²) in [6, 6.07) is 10.9. The number of carboxylic acid groups (broad SMARTS) is 1. The molecular weight excluding hydrogens is 204 g/mol. The molecule has 2 N–H and O–H groups in total. The summed E-state index contributed by atoms with van der Waals surface area (Å²) in [7, 11) is 0. The highest BCUT2D eigenvalue weighted by atomic mass is 16.4.